The van der Waals surface area contributed by atoms with Crippen molar-refractivity contribution in [3.8, 4) is 0 Å². The number of hydrogen-bond acceptors (Lipinski definition) is 5. The predicted molar refractivity (Wildman–Crippen MR) is 85.7 cm³/mol. The number of nitrogens with one attached hydrogen (secondary N) is 1. The van der Waals surface area contributed by atoms with Gasteiger partial charge < -0.3 is 4.90 Å². The van der Waals surface area contributed by atoms with Crippen LogP contribution in [0, 0.1) is 0 Å². The first-order valence-electron chi connectivity index (χ1n) is 7.28. The molecule has 1 aromatic carbocycles. The van der Waals surface area contributed by atoms with E-state index in [-0.39, 0.29) is 23.7 Å². The van der Waals surface area contributed by atoms with Gasteiger partial charge in [0, 0.05) is 13.1 Å². The van der Waals surface area contributed by atoms with E-state index in [0.29, 0.717) is 18.8 Å². The Labute approximate surface area is 134 Å². The van der Waals surface area contributed by atoms with Crippen molar-refractivity contribution in [1.29, 1.82) is 0 Å². The van der Waals surface area contributed by atoms with Crippen molar-refractivity contribution in [2.75, 3.05) is 25.4 Å². The standard InChI is InChI=1S/C15H20N4O2S/c1-15(11-5-3-2-4-6-11)14-19(13(21)10-22-14)8-7-18(15)9-12(20)17-16/h2-6,14H,7-10,16H2,1H3,(H,17,20)/t14-,15+/m0/s1. The molecule has 2 fully saturated rings. The van der Waals surface area contributed by atoms with Crippen LogP contribution in [0.4, 0.5) is 0 Å². The van der Waals surface area contributed by atoms with Gasteiger partial charge >= 0.3 is 0 Å². The van der Waals surface area contributed by atoms with Crippen LogP contribution in [0.2, 0.25) is 0 Å². The zero-order valence-corrected chi connectivity index (χ0v) is 13.3. The lowest BCUT2D eigenvalue weighted by molar-refractivity contribution is -0.136. The number of rotatable bonds is 3. The maximum atomic E-state index is 12.1. The lowest BCUT2D eigenvalue weighted by Crippen LogP contribution is -2.64. The van der Waals surface area contributed by atoms with E-state index in [9.17, 15) is 9.59 Å². The van der Waals surface area contributed by atoms with Crippen molar-refractivity contribution in [3.63, 3.8) is 0 Å². The minimum Gasteiger partial charge on any atom is -0.326 e. The summed E-state index contributed by atoms with van der Waals surface area (Å²) in [4.78, 5) is 28.0. The number of benzene rings is 1. The second-order valence-corrected chi connectivity index (χ2v) is 6.82. The van der Waals surface area contributed by atoms with Crippen LogP contribution in [0.1, 0.15) is 12.5 Å². The Bertz CT molecular complexity index is 582. The number of thioether (sulfide) groups is 1. The first-order valence-corrected chi connectivity index (χ1v) is 8.33. The highest BCUT2D eigenvalue weighted by Crippen LogP contribution is 2.45. The van der Waals surface area contributed by atoms with Gasteiger partial charge in [-0.05, 0) is 12.5 Å². The highest BCUT2D eigenvalue weighted by atomic mass is 32.2. The third-order valence-corrected chi connectivity index (χ3v) is 6.01. The number of piperazine rings is 1. The Morgan fingerprint density at radius 3 is 2.82 bits per heavy atom. The largest absolute Gasteiger partial charge is 0.326 e. The summed E-state index contributed by atoms with van der Waals surface area (Å²) >= 11 is 1.65. The van der Waals surface area contributed by atoms with E-state index in [2.05, 4.69) is 29.4 Å². The molecular formula is C15H20N4O2S. The van der Waals surface area contributed by atoms with Crippen molar-refractivity contribution in [2.24, 2.45) is 5.84 Å². The normalized spacial score (nSPS) is 28.5. The van der Waals surface area contributed by atoms with Crippen LogP contribution in [0.5, 0.6) is 0 Å². The van der Waals surface area contributed by atoms with Gasteiger partial charge in [0.1, 0.15) is 5.37 Å². The fraction of sp³-hybridized carbons (Fsp3) is 0.467. The molecule has 1 aromatic rings. The molecule has 0 saturated carbocycles. The van der Waals surface area contributed by atoms with Crippen LogP contribution in [0.3, 0.4) is 0 Å². The Morgan fingerprint density at radius 1 is 1.41 bits per heavy atom. The number of fused-ring (bicyclic) bond motifs is 1. The molecule has 0 aliphatic carbocycles. The SMILES string of the molecule is C[C@@]1(c2ccccc2)[C@@H]2SCC(=O)N2CCN1CC(=O)NN. The van der Waals surface area contributed by atoms with E-state index < -0.39 is 5.54 Å². The Hall–Kier alpha value is -1.57. The zero-order valence-electron chi connectivity index (χ0n) is 12.5. The molecule has 22 heavy (non-hydrogen) atoms. The molecule has 2 aliphatic rings. The van der Waals surface area contributed by atoms with Crippen molar-refractivity contribution < 1.29 is 9.59 Å². The van der Waals surface area contributed by atoms with Gasteiger partial charge in [0.05, 0.1) is 17.8 Å². The molecule has 2 saturated heterocycles. The van der Waals surface area contributed by atoms with Gasteiger partial charge in [-0.3, -0.25) is 19.9 Å². The predicted octanol–water partition coefficient (Wildman–Crippen LogP) is 0.109. The zero-order chi connectivity index (χ0) is 15.7. The summed E-state index contributed by atoms with van der Waals surface area (Å²) in [6.07, 6.45) is 0. The molecule has 0 spiro atoms. The maximum Gasteiger partial charge on any atom is 0.248 e. The molecule has 7 heteroatoms. The molecule has 0 aromatic heterocycles. The third kappa shape index (κ3) is 2.39. The molecule has 2 atom stereocenters. The Kier molecular flexibility index (Phi) is 4.12. The molecule has 2 amide bonds. The van der Waals surface area contributed by atoms with Gasteiger partial charge in [0.15, 0.2) is 0 Å². The average Bonchev–Trinajstić information content (AvgIpc) is 2.93. The monoisotopic (exact) mass is 320 g/mol. The molecule has 2 heterocycles. The summed E-state index contributed by atoms with van der Waals surface area (Å²) in [7, 11) is 0. The number of hydrogen-bond donors (Lipinski definition) is 2. The van der Waals surface area contributed by atoms with Gasteiger partial charge in [-0.1, -0.05) is 30.3 Å². The van der Waals surface area contributed by atoms with Crippen molar-refractivity contribution >= 4 is 23.6 Å². The van der Waals surface area contributed by atoms with Crippen molar-refractivity contribution in [1.82, 2.24) is 15.2 Å². The summed E-state index contributed by atoms with van der Waals surface area (Å²) in [5.74, 6) is 5.72. The first-order chi connectivity index (χ1) is 10.6. The van der Waals surface area contributed by atoms with E-state index in [4.69, 9.17) is 5.84 Å². The number of nitrogens with zero attached hydrogens (tertiary/aromatic N) is 2. The topological polar surface area (TPSA) is 78.7 Å². The number of carbonyl (C=O) groups is 2. The van der Waals surface area contributed by atoms with Crippen LogP contribution in [0.25, 0.3) is 0 Å². The number of nitrogens with two attached hydrogens (primary N) is 1. The molecule has 3 rings (SSSR count). The maximum absolute atomic E-state index is 12.1. The number of hydrazine groups is 1. The second-order valence-electron chi connectivity index (χ2n) is 5.75. The summed E-state index contributed by atoms with van der Waals surface area (Å²) < 4.78 is 0. The number of carbonyl (C=O) groups excluding carboxylic acids is 2. The lowest BCUT2D eigenvalue weighted by atomic mass is 9.87. The lowest BCUT2D eigenvalue weighted by Gasteiger charge is -2.52. The van der Waals surface area contributed by atoms with Crippen LogP contribution >= 0.6 is 11.8 Å². The van der Waals surface area contributed by atoms with Crippen molar-refractivity contribution in [2.45, 2.75) is 17.8 Å². The summed E-state index contributed by atoms with van der Waals surface area (Å²) in [5, 5.41) is 0.0155. The minimum absolute atomic E-state index is 0.0155. The van der Waals surface area contributed by atoms with E-state index in [0.717, 1.165) is 5.56 Å². The van der Waals surface area contributed by atoms with E-state index in [1.165, 1.54) is 0 Å². The van der Waals surface area contributed by atoms with Gasteiger partial charge in [-0.25, -0.2) is 5.84 Å². The molecule has 3 N–H and O–H groups in total. The molecular weight excluding hydrogens is 300 g/mol. The smallest absolute Gasteiger partial charge is 0.248 e. The van der Waals surface area contributed by atoms with E-state index in [1.807, 2.05) is 23.1 Å². The van der Waals surface area contributed by atoms with Crippen LogP contribution in [-0.2, 0) is 15.1 Å². The molecule has 0 bridgehead atoms. The highest BCUT2D eigenvalue weighted by Gasteiger charge is 2.52. The van der Waals surface area contributed by atoms with Gasteiger partial charge in [0.25, 0.3) is 0 Å². The average molecular weight is 320 g/mol. The third-order valence-electron chi connectivity index (χ3n) is 4.57. The molecule has 0 radical (unpaired) electrons. The number of amides is 2. The molecule has 6 nitrogen and oxygen atoms in total. The summed E-state index contributed by atoms with van der Waals surface area (Å²) in [6.45, 7) is 3.63. The van der Waals surface area contributed by atoms with Gasteiger partial charge in [-0.2, -0.15) is 0 Å². The van der Waals surface area contributed by atoms with Crippen LogP contribution < -0.4 is 11.3 Å². The van der Waals surface area contributed by atoms with E-state index in [1.54, 1.807) is 11.8 Å². The van der Waals surface area contributed by atoms with E-state index >= 15 is 0 Å². The summed E-state index contributed by atoms with van der Waals surface area (Å²) in [5.41, 5.74) is 2.90. The fourth-order valence-corrected chi connectivity index (χ4v) is 4.82. The van der Waals surface area contributed by atoms with Crippen LogP contribution in [0.15, 0.2) is 30.3 Å². The fourth-order valence-electron chi connectivity index (χ4n) is 3.34. The Morgan fingerprint density at radius 2 is 2.14 bits per heavy atom. The minimum atomic E-state index is -0.414. The Balaban J connectivity index is 2.00. The van der Waals surface area contributed by atoms with Crippen LogP contribution in [-0.4, -0.2) is 52.4 Å². The summed E-state index contributed by atoms with van der Waals surface area (Å²) in [6, 6.07) is 10.1. The molecule has 118 valence electrons. The van der Waals surface area contributed by atoms with Crippen molar-refractivity contribution in [3.05, 3.63) is 35.9 Å². The quantitative estimate of drug-likeness (QED) is 0.469. The molecule has 0 unspecified atom stereocenters. The second kappa shape index (κ2) is 5.91. The van der Waals surface area contributed by atoms with Gasteiger partial charge in [-0.15, -0.1) is 11.8 Å². The first kappa shape index (κ1) is 15.3. The highest BCUT2D eigenvalue weighted by molar-refractivity contribution is 8.01. The molecule has 2 aliphatic heterocycles. The van der Waals surface area contributed by atoms with Gasteiger partial charge in [0.2, 0.25) is 11.8 Å².